The van der Waals surface area contributed by atoms with E-state index in [-0.39, 0.29) is 0 Å². The van der Waals surface area contributed by atoms with Crippen LogP contribution in [0.3, 0.4) is 0 Å². The standard InChI is InChI=1S/C22H27BrCl2N2O2/c1-2-28-21-10-16(13-27-12-15-5-7-26-8-6-15)9-19(23)22(21)29-14-17-3-4-18(24)11-20(17)25/h3-4,9-11,15,26-27H,2,5-8,12-14H2,1H3. The van der Waals surface area contributed by atoms with Gasteiger partial charge in [-0.15, -0.1) is 0 Å². The predicted molar refractivity (Wildman–Crippen MR) is 123 cm³/mol. The topological polar surface area (TPSA) is 42.5 Å². The van der Waals surface area contributed by atoms with E-state index in [1.54, 1.807) is 6.07 Å². The largest absolute Gasteiger partial charge is 0.490 e. The molecule has 2 aromatic carbocycles. The molecule has 1 aliphatic rings. The molecule has 2 aromatic rings. The van der Waals surface area contributed by atoms with Gasteiger partial charge >= 0.3 is 0 Å². The van der Waals surface area contributed by atoms with Gasteiger partial charge in [0.15, 0.2) is 11.5 Å². The SMILES string of the molecule is CCOc1cc(CNCC2CCNCC2)cc(Br)c1OCc1ccc(Cl)cc1Cl. The molecule has 4 nitrogen and oxygen atoms in total. The number of nitrogens with one attached hydrogen (secondary N) is 2. The third-order valence-electron chi connectivity index (χ3n) is 4.98. The fourth-order valence-electron chi connectivity index (χ4n) is 3.42. The molecule has 0 saturated carbocycles. The average molecular weight is 502 g/mol. The maximum Gasteiger partial charge on any atom is 0.175 e. The minimum Gasteiger partial charge on any atom is -0.490 e. The lowest BCUT2D eigenvalue weighted by Gasteiger charge is -2.23. The van der Waals surface area contributed by atoms with Crippen molar-refractivity contribution in [1.82, 2.24) is 10.6 Å². The third kappa shape index (κ3) is 6.76. The van der Waals surface area contributed by atoms with Gasteiger partial charge in [-0.05, 0) is 91.1 Å². The lowest BCUT2D eigenvalue weighted by molar-refractivity contribution is 0.267. The van der Waals surface area contributed by atoms with Gasteiger partial charge in [0.05, 0.1) is 11.1 Å². The zero-order valence-electron chi connectivity index (χ0n) is 16.6. The van der Waals surface area contributed by atoms with E-state index in [1.807, 2.05) is 25.1 Å². The lowest BCUT2D eigenvalue weighted by Crippen LogP contribution is -2.33. The molecule has 0 aromatic heterocycles. The summed E-state index contributed by atoms with van der Waals surface area (Å²) in [6.07, 6.45) is 2.47. The van der Waals surface area contributed by atoms with Crippen LogP contribution in [0.4, 0.5) is 0 Å². The van der Waals surface area contributed by atoms with Crippen molar-refractivity contribution >= 4 is 39.1 Å². The molecule has 1 saturated heterocycles. The minimum atomic E-state index is 0.335. The molecule has 0 aliphatic carbocycles. The molecule has 7 heteroatoms. The molecule has 1 aliphatic heterocycles. The van der Waals surface area contributed by atoms with Gasteiger partial charge in [0.2, 0.25) is 0 Å². The maximum absolute atomic E-state index is 6.26. The molecule has 3 rings (SSSR count). The summed E-state index contributed by atoms with van der Waals surface area (Å²) in [6, 6.07) is 9.52. The van der Waals surface area contributed by atoms with Crippen LogP contribution in [-0.2, 0) is 13.2 Å². The van der Waals surface area contributed by atoms with E-state index in [0.717, 1.165) is 53.4 Å². The molecule has 0 atom stereocenters. The van der Waals surface area contributed by atoms with E-state index in [9.17, 15) is 0 Å². The van der Waals surface area contributed by atoms with E-state index in [1.165, 1.54) is 12.8 Å². The van der Waals surface area contributed by atoms with Gasteiger partial charge in [0.1, 0.15) is 6.61 Å². The quantitative estimate of drug-likeness (QED) is 0.454. The summed E-state index contributed by atoms with van der Waals surface area (Å²) in [5.41, 5.74) is 2.03. The van der Waals surface area contributed by atoms with Gasteiger partial charge < -0.3 is 20.1 Å². The van der Waals surface area contributed by atoms with Crippen LogP contribution in [-0.4, -0.2) is 26.2 Å². The first-order chi connectivity index (χ1) is 14.1. The summed E-state index contributed by atoms with van der Waals surface area (Å²) in [5, 5.41) is 8.19. The van der Waals surface area contributed by atoms with Crippen LogP contribution < -0.4 is 20.1 Å². The summed E-state index contributed by atoms with van der Waals surface area (Å²) in [6.45, 7) is 6.95. The first-order valence-corrected chi connectivity index (χ1v) is 11.5. The van der Waals surface area contributed by atoms with E-state index in [0.29, 0.717) is 29.0 Å². The minimum absolute atomic E-state index is 0.335. The molecule has 0 bridgehead atoms. The van der Waals surface area contributed by atoms with Gasteiger partial charge in [0.25, 0.3) is 0 Å². The molecule has 0 amide bonds. The number of hydrogen-bond donors (Lipinski definition) is 2. The highest BCUT2D eigenvalue weighted by molar-refractivity contribution is 9.10. The molecule has 1 heterocycles. The van der Waals surface area contributed by atoms with Gasteiger partial charge in [-0.3, -0.25) is 0 Å². The Bertz CT molecular complexity index is 814. The van der Waals surface area contributed by atoms with Crippen LogP contribution in [0.25, 0.3) is 0 Å². The van der Waals surface area contributed by atoms with Gasteiger partial charge in [-0.2, -0.15) is 0 Å². The molecule has 29 heavy (non-hydrogen) atoms. The van der Waals surface area contributed by atoms with E-state index in [2.05, 4.69) is 32.6 Å². The summed E-state index contributed by atoms with van der Waals surface area (Å²) in [4.78, 5) is 0. The molecule has 0 radical (unpaired) electrons. The summed E-state index contributed by atoms with van der Waals surface area (Å²) in [5.74, 6) is 2.16. The second kappa shape index (κ2) is 11.4. The molecule has 2 N–H and O–H groups in total. The first kappa shape index (κ1) is 22.7. The molecular weight excluding hydrogens is 475 g/mol. The van der Waals surface area contributed by atoms with Crippen molar-refractivity contribution in [3.63, 3.8) is 0 Å². The second-order valence-electron chi connectivity index (χ2n) is 7.19. The number of piperidine rings is 1. The van der Waals surface area contributed by atoms with Gasteiger partial charge in [-0.25, -0.2) is 0 Å². The summed E-state index contributed by atoms with van der Waals surface area (Å²) >= 11 is 15.9. The Balaban J connectivity index is 1.65. The maximum atomic E-state index is 6.26. The normalized spacial score (nSPS) is 14.8. The van der Waals surface area contributed by atoms with Crippen molar-refractivity contribution < 1.29 is 9.47 Å². The Kier molecular flexibility index (Phi) is 8.94. The monoisotopic (exact) mass is 500 g/mol. The second-order valence-corrected chi connectivity index (χ2v) is 8.88. The van der Waals surface area contributed by atoms with Gasteiger partial charge in [-0.1, -0.05) is 29.3 Å². The number of benzene rings is 2. The Hall–Kier alpha value is -0.980. The highest BCUT2D eigenvalue weighted by atomic mass is 79.9. The van der Waals surface area contributed by atoms with Crippen LogP contribution in [0.2, 0.25) is 10.0 Å². The molecule has 158 valence electrons. The highest BCUT2D eigenvalue weighted by Crippen LogP contribution is 2.38. The molecule has 1 fully saturated rings. The average Bonchev–Trinajstić information content (AvgIpc) is 2.70. The van der Waals surface area contributed by atoms with Crippen LogP contribution in [0.5, 0.6) is 11.5 Å². The van der Waals surface area contributed by atoms with Crippen LogP contribution in [0, 0.1) is 5.92 Å². The molecule has 0 spiro atoms. The van der Waals surface area contributed by atoms with Gasteiger partial charge in [0, 0.05) is 22.2 Å². The highest BCUT2D eigenvalue weighted by Gasteiger charge is 2.15. The van der Waals surface area contributed by atoms with E-state index < -0.39 is 0 Å². The number of ether oxygens (including phenoxy) is 2. The zero-order valence-corrected chi connectivity index (χ0v) is 19.7. The Morgan fingerprint density at radius 1 is 1.14 bits per heavy atom. The number of halogens is 3. The molecular formula is C22H27BrCl2N2O2. The van der Waals surface area contributed by atoms with Crippen LogP contribution in [0.15, 0.2) is 34.8 Å². The predicted octanol–water partition coefficient (Wildman–Crippen LogP) is 5.82. The Labute approximate surface area is 191 Å². The Morgan fingerprint density at radius 3 is 2.66 bits per heavy atom. The number of hydrogen-bond acceptors (Lipinski definition) is 4. The van der Waals surface area contributed by atoms with Crippen molar-refractivity contribution in [2.75, 3.05) is 26.2 Å². The first-order valence-electron chi connectivity index (χ1n) is 10.00. The molecule has 0 unspecified atom stereocenters. The fourth-order valence-corrected chi connectivity index (χ4v) is 4.49. The summed E-state index contributed by atoms with van der Waals surface area (Å²) in [7, 11) is 0. The fraction of sp³-hybridized carbons (Fsp3) is 0.455. The van der Waals surface area contributed by atoms with Crippen molar-refractivity contribution in [1.29, 1.82) is 0 Å². The summed E-state index contributed by atoms with van der Waals surface area (Å²) < 4.78 is 12.8. The third-order valence-corrected chi connectivity index (χ3v) is 6.15. The lowest BCUT2D eigenvalue weighted by atomic mass is 9.98. The van der Waals surface area contributed by atoms with E-state index in [4.69, 9.17) is 32.7 Å². The van der Waals surface area contributed by atoms with Crippen molar-refractivity contribution in [2.45, 2.75) is 32.9 Å². The van der Waals surface area contributed by atoms with Crippen LogP contribution in [0.1, 0.15) is 30.9 Å². The number of rotatable bonds is 9. The van der Waals surface area contributed by atoms with Crippen LogP contribution >= 0.6 is 39.1 Å². The smallest absolute Gasteiger partial charge is 0.175 e. The Morgan fingerprint density at radius 2 is 1.93 bits per heavy atom. The van der Waals surface area contributed by atoms with Crippen molar-refractivity contribution in [3.05, 3.63) is 56.0 Å². The van der Waals surface area contributed by atoms with E-state index >= 15 is 0 Å². The van der Waals surface area contributed by atoms with Crippen molar-refractivity contribution in [3.8, 4) is 11.5 Å². The van der Waals surface area contributed by atoms with Crippen molar-refractivity contribution in [2.24, 2.45) is 5.92 Å². The zero-order chi connectivity index (χ0) is 20.6.